The standard InChI is InChI=1S/C16H13ClN2O2/c17-12-5-3-4-11(8-12)15-9-19-16(21-15)10-20-14-7-2-1-6-13(14)18/h1-9H,10,18H2. The highest BCUT2D eigenvalue weighted by Gasteiger charge is 2.08. The third-order valence-electron chi connectivity index (χ3n) is 2.93. The van der Waals surface area contributed by atoms with Crippen LogP contribution in [-0.4, -0.2) is 4.98 Å². The Morgan fingerprint density at radius 1 is 1.14 bits per heavy atom. The fraction of sp³-hybridized carbons (Fsp3) is 0.0625. The fourth-order valence-corrected chi connectivity index (χ4v) is 2.09. The van der Waals surface area contributed by atoms with Gasteiger partial charge >= 0.3 is 0 Å². The number of halogens is 1. The van der Waals surface area contributed by atoms with E-state index in [9.17, 15) is 0 Å². The summed E-state index contributed by atoms with van der Waals surface area (Å²) in [7, 11) is 0. The van der Waals surface area contributed by atoms with Crippen LogP contribution in [0.15, 0.2) is 59.1 Å². The summed E-state index contributed by atoms with van der Waals surface area (Å²) in [6.45, 7) is 0.217. The van der Waals surface area contributed by atoms with Crippen LogP contribution in [0.3, 0.4) is 0 Å². The van der Waals surface area contributed by atoms with Crippen molar-refractivity contribution in [2.45, 2.75) is 6.61 Å². The van der Waals surface area contributed by atoms with Gasteiger partial charge in [-0.2, -0.15) is 0 Å². The van der Waals surface area contributed by atoms with Gasteiger partial charge in [-0.1, -0.05) is 35.9 Å². The molecule has 0 fully saturated rings. The molecule has 106 valence electrons. The van der Waals surface area contributed by atoms with E-state index in [1.54, 1.807) is 18.3 Å². The highest BCUT2D eigenvalue weighted by Crippen LogP contribution is 2.25. The predicted octanol–water partition coefficient (Wildman–Crippen LogP) is 4.16. The Bertz CT molecular complexity index is 755. The van der Waals surface area contributed by atoms with E-state index in [-0.39, 0.29) is 6.61 Å². The van der Waals surface area contributed by atoms with E-state index in [1.807, 2.05) is 36.4 Å². The van der Waals surface area contributed by atoms with Crippen LogP contribution in [0, 0.1) is 0 Å². The first-order chi connectivity index (χ1) is 10.2. The van der Waals surface area contributed by atoms with Gasteiger partial charge in [0.2, 0.25) is 5.89 Å². The molecule has 2 N–H and O–H groups in total. The molecule has 0 spiro atoms. The number of oxazole rings is 1. The first-order valence-corrected chi connectivity index (χ1v) is 6.78. The molecule has 1 heterocycles. The van der Waals surface area contributed by atoms with E-state index in [2.05, 4.69) is 4.98 Å². The maximum atomic E-state index is 5.96. The SMILES string of the molecule is Nc1ccccc1OCc1ncc(-c2cccc(Cl)c2)o1. The average molecular weight is 301 g/mol. The van der Waals surface area contributed by atoms with Crippen molar-refractivity contribution in [1.29, 1.82) is 0 Å². The highest BCUT2D eigenvalue weighted by molar-refractivity contribution is 6.30. The molecule has 3 rings (SSSR count). The third-order valence-corrected chi connectivity index (χ3v) is 3.17. The molecule has 4 nitrogen and oxygen atoms in total. The molecule has 0 saturated heterocycles. The van der Waals surface area contributed by atoms with Crippen molar-refractivity contribution in [1.82, 2.24) is 4.98 Å². The van der Waals surface area contributed by atoms with Crippen molar-refractivity contribution >= 4 is 17.3 Å². The molecule has 5 heteroatoms. The number of aromatic nitrogens is 1. The van der Waals surface area contributed by atoms with Crippen LogP contribution in [0.5, 0.6) is 5.75 Å². The van der Waals surface area contributed by atoms with Crippen LogP contribution >= 0.6 is 11.6 Å². The van der Waals surface area contributed by atoms with Gasteiger partial charge in [-0.3, -0.25) is 0 Å². The molecule has 21 heavy (non-hydrogen) atoms. The summed E-state index contributed by atoms with van der Waals surface area (Å²) >= 11 is 5.96. The largest absolute Gasteiger partial charge is 0.482 e. The van der Waals surface area contributed by atoms with Crippen molar-refractivity contribution in [3.63, 3.8) is 0 Å². The van der Waals surface area contributed by atoms with E-state index >= 15 is 0 Å². The first kappa shape index (κ1) is 13.5. The third kappa shape index (κ3) is 3.17. The first-order valence-electron chi connectivity index (χ1n) is 6.40. The molecule has 0 aliphatic rings. The van der Waals surface area contributed by atoms with Gasteiger partial charge in [-0.15, -0.1) is 0 Å². The Hall–Kier alpha value is -2.46. The second-order valence-corrected chi connectivity index (χ2v) is 4.89. The van der Waals surface area contributed by atoms with E-state index in [4.69, 9.17) is 26.5 Å². The Morgan fingerprint density at radius 2 is 2.00 bits per heavy atom. The van der Waals surface area contributed by atoms with Gasteiger partial charge in [0, 0.05) is 10.6 Å². The van der Waals surface area contributed by atoms with Crippen LogP contribution in [0.1, 0.15) is 5.89 Å². The van der Waals surface area contributed by atoms with Gasteiger partial charge in [0.25, 0.3) is 0 Å². The van der Waals surface area contributed by atoms with Crippen LogP contribution in [0.2, 0.25) is 5.02 Å². The van der Waals surface area contributed by atoms with Crippen molar-refractivity contribution in [2.24, 2.45) is 0 Å². The number of benzene rings is 2. The summed E-state index contributed by atoms with van der Waals surface area (Å²) in [5, 5.41) is 0.652. The Balaban J connectivity index is 1.72. The summed E-state index contributed by atoms with van der Waals surface area (Å²) in [5.74, 6) is 1.74. The van der Waals surface area contributed by atoms with E-state index in [1.165, 1.54) is 0 Å². The zero-order chi connectivity index (χ0) is 14.7. The molecule has 0 aliphatic carbocycles. The average Bonchev–Trinajstić information content (AvgIpc) is 2.95. The summed E-state index contributed by atoms with van der Waals surface area (Å²) in [6, 6.07) is 14.7. The van der Waals surface area contributed by atoms with E-state index in [0.29, 0.717) is 28.1 Å². The minimum Gasteiger partial charge on any atom is -0.482 e. The molecule has 0 bridgehead atoms. The maximum absolute atomic E-state index is 5.96. The molecule has 0 amide bonds. The van der Waals surface area contributed by atoms with Crippen LogP contribution in [0.25, 0.3) is 11.3 Å². The summed E-state index contributed by atoms with van der Waals surface area (Å²) < 4.78 is 11.2. The van der Waals surface area contributed by atoms with Crippen LogP contribution < -0.4 is 10.5 Å². The number of hydrogen-bond acceptors (Lipinski definition) is 4. The van der Waals surface area contributed by atoms with Gasteiger partial charge in [0.05, 0.1) is 11.9 Å². The topological polar surface area (TPSA) is 61.3 Å². The van der Waals surface area contributed by atoms with Gasteiger partial charge in [0.1, 0.15) is 5.75 Å². The fourth-order valence-electron chi connectivity index (χ4n) is 1.90. The van der Waals surface area contributed by atoms with Gasteiger partial charge in [-0.05, 0) is 24.3 Å². The summed E-state index contributed by atoms with van der Waals surface area (Å²) in [4.78, 5) is 4.19. The Morgan fingerprint density at radius 3 is 2.81 bits per heavy atom. The van der Waals surface area contributed by atoms with Crippen molar-refractivity contribution in [2.75, 3.05) is 5.73 Å². The number of rotatable bonds is 4. The monoisotopic (exact) mass is 300 g/mol. The lowest BCUT2D eigenvalue weighted by atomic mass is 10.2. The molecule has 0 atom stereocenters. The number of ether oxygens (including phenoxy) is 1. The number of para-hydroxylation sites is 2. The molecular formula is C16H13ClN2O2. The van der Waals surface area contributed by atoms with Crippen molar-refractivity contribution < 1.29 is 9.15 Å². The number of nitrogens with zero attached hydrogens (tertiary/aromatic N) is 1. The van der Waals surface area contributed by atoms with Crippen LogP contribution in [0.4, 0.5) is 5.69 Å². The number of anilines is 1. The molecule has 2 aromatic carbocycles. The molecular weight excluding hydrogens is 288 g/mol. The smallest absolute Gasteiger partial charge is 0.232 e. The number of hydrogen-bond donors (Lipinski definition) is 1. The quantitative estimate of drug-likeness (QED) is 0.735. The molecule has 1 aromatic heterocycles. The minimum absolute atomic E-state index is 0.217. The van der Waals surface area contributed by atoms with Gasteiger partial charge in [0.15, 0.2) is 12.4 Å². The second kappa shape index (κ2) is 5.89. The summed E-state index contributed by atoms with van der Waals surface area (Å²) in [5.41, 5.74) is 7.26. The van der Waals surface area contributed by atoms with E-state index < -0.39 is 0 Å². The normalized spacial score (nSPS) is 10.5. The number of nitrogen functional groups attached to an aromatic ring is 1. The predicted molar refractivity (Wildman–Crippen MR) is 82.1 cm³/mol. The lowest BCUT2D eigenvalue weighted by Gasteiger charge is -2.05. The zero-order valence-electron chi connectivity index (χ0n) is 11.1. The molecule has 0 radical (unpaired) electrons. The Kier molecular flexibility index (Phi) is 3.79. The number of nitrogens with two attached hydrogens (primary N) is 1. The van der Waals surface area contributed by atoms with E-state index in [0.717, 1.165) is 5.56 Å². The van der Waals surface area contributed by atoms with Crippen LogP contribution in [-0.2, 0) is 6.61 Å². The lowest BCUT2D eigenvalue weighted by molar-refractivity contribution is 0.266. The highest BCUT2D eigenvalue weighted by atomic mass is 35.5. The molecule has 0 saturated carbocycles. The molecule has 3 aromatic rings. The molecule has 0 aliphatic heterocycles. The second-order valence-electron chi connectivity index (χ2n) is 4.46. The van der Waals surface area contributed by atoms with Gasteiger partial charge in [-0.25, -0.2) is 4.98 Å². The Labute approximate surface area is 127 Å². The zero-order valence-corrected chi connectivity index (χ0v) is 11.9. The molecule has 0 unspecified atom stereocenters. The summed E-state index contributed by atoms with van der Waals surface area (Å²) in [6.07, 6.45) is 1.65. The minimum atomic E-state index is 0.217. The lowest BCUT2D eigenvalue weighted by Crippen LogP contribution is -1.98. The van der Waals surface area contributed by atoms with Crippen molar-refractivity contribution in [3.8, 4) is 17.1 Å². The van der Waals surface area contributed by atoms with Crippen molar-refractivity contribution in [3.05, 3.63) is 65.6 Å². The van der Waals surface area contributed by atoms with Gasteiger partial charge < -0.3 is 14.9 Å². The maximum Gasteiger partial charge on any atom is 0.232 e.